The molecule has 0 aliphatic carbocycles. The lowest BCUT2D eigenvalue weighted by atomic mass is 9.91. The molecule has 3 rings (SSSR count). The molecule has 3 aromatic rings. The highest BCUT2D eigenvalue weighted by atomic mass is 16.3. The number of furan rings is 1. The number of hydrogen-bond donors (Lipinski definition) is 1. The predicted octanol–water partition coefficient (Wildman–Crippen LogP) is 5.07. The van der Waals surface area contributed by atoms with Gasteiger partial charge < -0.3 is 9.73 Å². The Morgan fingerprint density at radius 2 is 1.84 bits per heavy atom. The lowest BCUT2D eigenvalue weighted by Crippen LogP contribution is -2.31. The maximum Gasteiger partial charge on any atom is 0.252 e. The van der Waals surface area contributed by atoms with Gasteiger partial charge in [-0.05, 0) is 48.4 Å². The van der Waals surface area contributed by atoms with E-state index in [1.165, 1.54) is 5.56 Å². The molecule has 130 valence electrons. The zero-order chi connectivity index (χ0) is 17.6. The van der Waals surface area contributed by atoms with Crippen molar-refractivity contribution in [1.29, 1.82) is 0 Å². The molecule has 0 aliphatic heterocycles. The summed E-state index contributed by atoms with van der Waals surface area (Å²) in [5.41, 5.74) is 2.74. The average molecular weight is 335 g/mol. The Balaban J connectivity index is 1.67. The molecule has 3 heteroatoms. The minimum Gasteiger partial charge on any atom is -0.464 e. The van der Waals surface area contributed by atoms with Crippen LogP contribution in [0.3, 0.4) is 0 Å². The van der Waals surface area contributed by atoms with Crippen molar-refractivity contribution >= 4 is 16.9 Å². The molecule has 0 bridgehead atoms. The van der Waals surface area contributed by atoms with E-state index in [1.54, 1.807) is 6.26 Å². The second-order valence-corrected chi connectivity index (χ2v) is 7.03. The quantitative estimate of drug-likeness (QED) is 0.655. The fraction of sp³-hybridized carbons (Fsp3) is 0.318. The van der Waals surface area contributed by atoms with Crippen LogP contribution in [0.5, 0.6) is 0 Å². The van der Waals surface area contributed by atoms with Gasteiger partial charge in [-0.25, -0.2) is 0 Å². The van der Waals surface area contributed by atoms with Crippen LogP contribution in [0.25, 0.3) is 11.0 Å². The summed E-state index contributed by atoms with van der Waals surface area (Å²) in [6.45, 7) is 5.14. The van der Waals surface area contributed by atoms with Crippen LogP contribution in [0.1, 0.15) is 36.2 Å². The van der Waals surface area contributed by atoms with Crippen molar-refractivity contribution in [2.24, 2.45) is 11.8 Å². The standard InChI is InChI=1S/C22H25NO2/c1-16(2)13-18(14-17-7-4-3-5-8-17)15-23-22(24)20-9-6-10-21-19(20)11-12-25-21/h3-12,16,18H,13-15H2,1-2H3,(H,23,24). The lowest BCUT2D eigenvalue weighted by molar-refractivity contribution is 0.0946. The fourth-order valence-electron chi connectivity index (χ4n) is 3.38. The third-order valence-corrected chi connectivity index (χ3v) is 4.46. The van der Waals surface area contributed by atoms with E-state index < -0.39 is 0 Å². The van der Waals surface area contributed by atoms with Crippen LogP contribution < -0.4 is 5.32 Å². The van der Waals surface area contributed by atoms with E-state index in [2.05, 4.69) is 43.4 Å². The van der Waals surface area contributed by atoms with Crippen molar-refractivity contribution in [3.8, 4) is 0 Å². The lowest BCUT2D eigenvalue weighted by Gasteiger charge is -2.20. The minimum absolute atomic E-state index is 0.0335. The molecule has 0 saturated heterocycles. The van der Waals surface area contributed by atoms with Crippen molar-refractivity contribution in [2.75, 3.05) is 6.54 Å². The highest BCUT2D eigenvalue weighted by Gasteiger charge is 2.16. The first-order chi connectivity index (χ1) is 12.1. The smallest absolute Gasteiger partial charge is 0.252 e. The van der Waals surface area contributed by atoms with Crippen LogP contribution in [0.15, 0.2) is 65.3 Å². The number of nitrogens with one attached hydrogen (secondary N) is 1. The molecule has 1 aromatic heterocycles. The van der Waals surface area contributed by atoms with E-state index in [1.807, 2.05) is 30.3 Å². The van der Waals surface area contributed by atoms with Crippen molar-refractivity contribution in [2.45, 2.75) is 26.7 Å². The molecule has 1 amide bonds. The number of rotatable bonds is 7. The summed E-state index contributed by atoms with van der Waals surface area (Å²) in [6.07, 6.45) is 3.69. The Hall–Kier alpha value is -2.55. The predicted molar refractivity (Wildman–Crippen MR) is 102 cm³/mol. The summed E-state index contributed by atoms with van der Waals surface area (Å²) in [7, 11) is 0. The second kappa shape index (κ2) is 8.02. The van der Waals surface area contributed by atoms with Crippen LogP contribution in [-0.2, 0) is 6.42 Å². The molecule has 0 aliphatic rings. The van der Waals surface area contributed by atoms with E-state index in [0.717, 1.165) is 23.8 Å². The van der Waals surface area contributed by atoms with Crippen LogP contribution in [0.4, 0.5) is 0 Å². The normalized spacial score (nSPS) is 12.4. The van der Waals surface area contributed by atoms with Crippen LogP contribution in [0.2, 0.25) is 0 Å². The fourth-order valence-corrected chi connectivity index (χ4v) is 3.38. The summed E-state index contributed by atoms with van der Waals surface area (Å²) in [5.74, 6) is 0.992. The largest absolute Gasteiger partial charge is 0.464 e. The van der Waals surface area contributed by atoms with Crippen LogP contribution in [0, 0.1) is 11.8 Å². The van der Waals surface area contributed by atoms with Gasteiger partial charge in [-0.15, -0.1) is 0 Å². The molecule has 3 nitrogen and oxygen atoms in total. The van der Waals surface area contributed by atoms with Crippen molar-refractivity contribution in [3.63, 3.8) is 0 Å². The summed E-state index contributed by atoms with van der Waals surface area (Å²) >= 11 is 0. The molecule has 0 spiro atoms. The Kier molecular flexibility index (Phi) is 5.54. The zero-order valence-electron chi connectivity index (χ0n) is 14.9. The van der Waals surface area contributed by atoms with Crippen molar-refractivity contribution in [1.82, 2.24) is 5.32 Å². The van der Waals surface area contributed by atoms with Gasteiger partial charge in [-0.2, -0.15) is 0 Å². The summed E-state index contributed by atoms with van der Waals surface area (Å²) in [6, 6.07) is 17.9. The molecule has 0 saturated carbocycles. The third-order valence-electron chi connectivity index (χ3n) is 4.46. The van der Waals surface area contributed by atoms with E-state index >= 15 is 0 Å². The number of carbonyl (C=O) groups is 1. The molecule has 0 radical (unpaired) electrons. The van der Waals surface area contributed by atoms with E-state index in [9.17, 15) is 4.79 Å². The molecule has 1 heterocycles. The first kappa shape index (κ1) is 17.3. The van der Waals surface area contributed by atoms with Gasteiger partial charge in [-0.1, -0.05) is 50.2 Å². The highest BCUT2D eigenvalue weighted by molar-refractivity contribution is 6.05. The van der Waals surface area contributed by atoms with Crippen molar-refractivity contribution in [3.05, 3.63) is 72.0 Å². The summed E-state index contributed by atoms with van der Waals surface area (Å²) < 4.78 is 5.39. The van der Waals surface area contributed by atoms with Gasteiger partial charge in [-0.3, -0.25) is 4.79 Å². The maximum absolute atomic E-state index is 12.6. The average Bonchev–Trinajstić information content (AvgIpc) is 3.08. The Bertz CT molecular complexity index is 820. The minimum atomic E-state index is -0.0335. The van der Waals surface area contributed by atoms with E-state index in [0.29, 0.717) is 23.9 Å². The molecule has 25 heavy (non-hydrogen) atoms. The number of hydrogen-bond acceptors (Lipinski definition) is 2. The molecule has 0 fully saturated rings. The van der Waals surface area contributed by atoms with Crippen LogP contribution in [-0.4, -0.2) is 12.5 Å². The molecular weight excluding hydrogens is 310 g/mol. The summed E-state index contributed by atoms with van der Waals surface area (Å²) in [4.78, 5) is 12.6. The number of benzene rings is 2. The first-order valence-electron chi connectivity index (χ1n) is 8.92. The monoisotopic (exact) mass is 335 g/mol. The van der Waals surface area contributed by atoms with Gasteiger partial charge in [0.1, 0.15) is 5.58 Å². The SMILES string of the molecule is CC(C)CC(CNC(=O)c1cccc2occc12)Cc1ccccc1. The van der Waals surface area contributed by atoms with Gasteiger partial charge in [0.2, 0.25) is 0 Å². The Morgan fingerprint density at radius 1 is 1.04 bits per heavy atom. The van der Waals surface area contributed by atoms with Gasteiger partial charge in [0.05, 0.1) is 11.8 Å². The highest BCUT2D eigenvalue weighted by Crippen LogP contribution is 2.21. The number of fused-ring (bicyclic) bond motifs is 1. The number of carbonyl (C=O) groups excluding carboxylic acids is 1. The molecular formula is C22H25NO2. The molecule has 1 N–H and O–H groups in total. The van der Waals surface area contributed by atoms with E-state index in [4.69, 9.17) is 4.42 Å². The van der Waals surface area contributed by atoms with Gasteiger partial charge in [0, 0.05) is 11.9 Å². The van der Waals surface area contributed by atoms with Gasteiger partial charge in [0.15, 0.2) is 0 Å². The topological polar surface area (TPSA) is 42.2 Å². The summed E-state index contributed by atoms with van der Waals surface area (Å²) in [5, 5.41) is 3.99. The molecule has 2 aromatic carbocycles. The van der Waals surface area contributed by atoms with Gasteiger partial charge >= 0.3 is 0 Å². The second-order valence-electron chi connectivity index (χ2n) is 7.03. The Morgan fingerprint density at radius 3 is 2.60 bits per heavy atom. The third kappa shape index (κ3) is 4.50. The maximum atomic E-state index is 12.6. The van der Waals surface area contributed by atoms with Crippen LogP contribution >= 0.6 is 0 Å². The first-order valence-corrected chi connectivity index (χ1v) is 8.92. The van der Waals surface area contributed by atoms with Gasteiger partial charge in [0.25, 0.3) is 5.91 Å². The molecule has 1 unspecified atom stereocenters. The Labute approximate surface area is 149 Å². The molecule has 1 atom stereocenters. The van der Waals surface area contributed by atoms with Crippen molar-refractivity contribution < 1.29 is 9.21 Å². The number of amides is 1. The zero-order valence-corrected chi connectivity index (χ0v) is 14.9. The van der Waals surface area contributed by atoms with E-state index in [-0.39, 0.29) is 5.91 Å².